The monoisotopic (exact) mass is 443 g/mol. The number of benzene rings is 3. The quantitative estimate of drug-likeness (QED) is 0.221. The molecule has 1 aliphatic heterocycles. The molecule has 0 fully saturated rings. The maximum absolute atomic E-state index is 13.9. The lowest BCUT2D eigenvalue weighted by atomic mass is 9.96. The summed E-state index contributed by atoms with van der Waals surface area (Å²) in [7, 11) is 1.41. The highest BCUT2D eigenvalue weighted by Crippen LogP contribution is 2.43. The van der Waals surface area contributed by atoms with Crippen molar-refractivity contribution in [3.8, 4) is 0 Å². The molecule has 2 N–H and O–H groups in total. The average molecular weight is 443 g/mol. The molecule has 2 aromatic heterocycles. The zero-order valence-corrected chi connectivity index (χ0v) is 17.8. The number of hydrogen-bond donors (Lipinski definition) is 2. The highest BCUT2D eigenvalue weighted by molar-refractivity contribution is 6.38. The predicted molar refractivity (Wildman–Crippen MR) is 124 cm³/mol. The van der Waals surface area contributed by atoms with Gasteiger partial charge in [0.2, 0.25) is 0 Å². The predicted octanol–water partition coefficient (Wildman–Crippen LogP) is 6.19. The fourth-order valence-corrected chi connectivity index (χ4v) is 4.92. The summed E-state index contributed by atoms with van der Waals surface area (Å²) in [4.78, 5) is 33.4. The zero-order chi connectivity index (χ0) is 22.9. The summed E-state index contributed by atoms with van der Waals surface area (Å²) in [6, 6.07) is 8.54. The van der Waals surface area contributed by atoms with Crippen LogP contribution in [0.4, 0.5) is 8.78 Å². The van der Waals surface area contributed by atoms with Crippen molar-refractivity contribution in [1.29, 1.82) is 0 Å². The zero-order valence-electron chi connectivity index (χ0n) is 17.8. The van der Waals surface area contributed by atoms with Crippen molar-refractivity contribution in [3.05, 3.63) is 71.3 Å². The second-order valence-corrected chi connectivity index (χ2v) is 8.45. The van der Waals surface area contributed by atoms with Crippen LogP contribution in [0, 0.1) is 11.6 Å². The van der Waals surface area contributed by atoms with E-state index < -0.39 is 23.4 Å². The fourth-order valence-electron chi connectivity index (χ4n) is 4.92. The van der Waals surface area contributed by atoms with Gasteiger partial charge in [-0.1, -0.05) is 12.2 Å². The van der Waals surface area contributed by atoms with Crippen LogP contribution in [0.5, 0.6) is 0 Å². The van der Waals surface area contributed by atoms with E-state index in [4.69, 9.17) is 0 Å². The van der Waals surface area contributed by atoms with Crippen LogP contribution >= 0.6 is 0 Å². The van der Waals surface area contributed by atoms with Crippen LogP contribution in [-0.2, 0) is 0 Å². The van der Waals surface area contributed by atoms with Gasteiger partial charge in [-0.25, -0.2) is 8.78 Å². The Hall–Kier alpha value is -4.00. The molecular weight excluding hydrogens is 424 g/mol. The molecule has 0 saturated carbocycles. The van der Waals surface area contributed by atoms with Crippen LogP contribution in [0.15, 0.2) is 48.6 Å². The van der Waals surface area contributed by atoms with E-state index in [1.54, 1.807) is 12.1 Å². The smallest absolute Gasteiger partial charge is 0.262 e. The van der Waals surface area contributed by atoms with Crippen LogP contribution in [-0.4, -0.2) is 33.7 Å². The first-order chi connectivity index (χ1) is 16.0. The number of carbonyl (C=O) groups is 2. The van der Waals surface area contributed by atoms with Gasteiger partial charge in [-0.2, -0.15) is 0 Å². The Labute approximate surface area is 186 Å². The third-order valence-corrected chi connectivity index (χ3v) is 6.47. The molecule has 0 unspecified atom stereocenters. The molecule has 2 aliphatic rings. The molecule has 5 aromatic rings. The molecule has 2 amide bonds. The highest BCUT2D eigenvalue weighted by atomic mass is 19.1. The lowest BCUT2D eigenvalue weighted by Gasteiger charge is -2.03. The summed E-state index contributed by atoms with van der Waals surface area (Å²) in [5, 5.41) is 2.03. The van der Waals surface area contributed by atoms with Crippen LogP contribution in [0.3, 0.4) is 0 Å². The van der Waals surface area contributed by atoms with Crippen molar-refractivity contribution in [2.75, 3.05) is 7.05 Å². The second kappa shape index (κ2) is 7.00. The minimum Gasteiger partial charge on any atom is -0.353 e. The van der Waals surface area contributed by atoms with Crippen LogP contribution in [0.25, 0.3) is 43.6 Å². The minimum atomic E-state index is -0.456. The Kier molecular flexibility index (Phi) is 4.17. The van der Waals surface area contributed by atoms with Gasteiger partial charge in [0.05, 0.1) is 22.2 Å². The van der Waals surface area contributed by atoms with Gasteiger partial charge in [-0.05, 0) is 55.7 Å². The SMILES string of the molecule is C1=CCCC1.CN1C(=O)c2c(c3c4cc(F)ccc4[nH]c3c3[nH]c4ccc(F)cc4c23)C1=O. The summed E-state index contributed by atoms with van der Waals surface area (Å²) in [6.07, 6.45) is 8.50. The van der Waals surface area contributed by atoms with Crippen molar-refractivity contribution >= 4 is 55.4 Å². The van der Waals surface area contributed by atoms with Crippen molar-refractivity contribution in [1.82, 2.24) is 14.9 Å². The van der Waals surface area contributed by atoms with Crippen molar-refractivity contribution in [2.24, 2.45) is 0 Å². The number of hydrogen-bond acceptors (Lipinski definition) is 2. The summed E-state index contributed by atoms with van der Waals surface area (Å²) in [6.45, 7) is 0. The van der Waals surface area contributed by atoms with Crippen molar-refractivity contribution in [2.45, 2.75) is 19.3 Å². The summed E-state index contributed by atoms with van der Waals surface area (Å²) < 4.78 is 27.9. The molecular formula is C26H19F2N3O2. The molecule has 3 heterocycles. The Balaban J connectivity index is 0.000000368. The number of allylic oxidation sites excluding steroid dienone is 2. The molecule has 0 atom stereocenters. The van der Waals surface area contributed by atoms with Gasteiger partial charge in [-0.3, -0.25) is 14.5 Å². The Morgan fingerprint density at radius 2 is 1.21 bits per heavy atom. The minimum absolute atomic E-state index is 0.219. The average Bonchev–Trinajstić information content (AvgIpc) is 3.58. The number of fused-ring (bicyclic) bond motifs is 10. The number of carbonyl (C=O) groups excluding carboxylic acids is 2. The number of H-pyrrole nitrogens is 2. The number of rotatable bonds is 0. The van der Waals surface area contributed by atoms with Gasteiger partial charge in [0.15, 0.2) is 0 Å². The van der Waals surface area contributed by atoms with Crippen LogP contribution < -0.4 is 0 Å². The van der Waals surface area contributed by atoms with E-state index in [1.165, 1.54) is 50.6 Å². The van der Waals surface area contributed by atoms with Crippen LogP contribution in [0.2, 0.25) is 0 Å². The number of aromatic amines is 2. The van der Waals surface area contributed by atoms with E-state index in [0.717, 1.165) is 4.90 Å². The number of nitrogens with zero attached hydrogens (tertiary/aromatic N) is 1. The van der Waals surface area contributed by atoms with Gasteiger partial charge in [0.25, 0.3) is 11.8 Å². The number of imide groups is 1. The first kappa shape index (κ1) is 19.7. The van der Waals surface area contributed by atoms with Gasteiger partial charge >= 0.3 is 0 Å². The maximum Gasteiger partial charge on any atom is 0.262 e. The third-order valence-electron chi connectivity index (χ3n) is 6.47. The molecule has 33 heavy (non-hydrogen) atoms. The van der Waals surface area contributed by atoms with Gasteiger partial charge in [-0.15, -0.1) is 0 Å². The summed E-state index contributed by atoms with van der Waals surface area (Å²) in [5.74, 6) is -1.79. The van der Waals surface area contributed by atoms with E-state index in [0.29, 0.717) is 43.6 Å². The van der Waals surface area contributed by atoms with Gasteiger partial charge in [0, 0.05) is 39.6 Å². The molecule has 0 spiro atoms. The van der Waals surface area contributed by atoms with Crippen molar-refractivity contribution in [3.63, 3.8) is 0 Å². The molecule has 0 bridgehead atoms. The molecule has 7 heteroatoms. The van der Waals surface area contributed by atoms with Crippen molar-refractivity contribution < 1.29 is 18.4 Å². The molecule has 0 radical (unpaired) electrons. The number of nitrogens with one attached hydrogen (secondary N) is 2. The third kappa shape index (κ3) is 2.75. The molecule has 5 nitrogen and oxygen atoms in total. The summed E-state index contributed by atoms with van der Waals surface area (Å²) in [5.41, 5.74) is 2.90. The number of amides is 2. The number of aromatic nitrogens is 2. The van der Waals surface area contributed by atoms with E-state index in [1.807, 2.05) is 0 Å². The fraction of sp³-hybridized carbons (Fsp3) is 0.154. The molecule has 3 aromatic carbocycles. The number of halogens is 2. The first-order valence-electron chi connectivity index (χ1n) is 10.8. The van der Waals surface area contributed by atoms with E-state index in [2.05, 4.69) is 22.1 Å². The standard InChI is InChI=1S/C21H11F2N3O2.C5H8/c1-26-20(27)16-14-10-6-8(22)2-4-12(10)24-18(14)19-15(17(16)21(26)28)11-7-9(23)3-5-13(11)25-19;1-2-4-5-3-1/h2-7,24-25H,1H3;1-2H,3-5H2. The van der Waals surface area contributed by atoms with E-state index in [-0.39, 0.29) is 11.1 Å². The topological polar surface area (TPSA) is 69.0 Å². The largest absolute Gasteiger partial charge is 0.353 e. The maximum atomic E-state index is 13.9. The second-order valence-electron chi connectivity index (χ2n) is 8.45. The van der Waals surface area contributed by atoms with Gasteiger partial charge < -0.3 is 9.97 Å². The molecule has 164 valence electrons. The lowest BCUT2D eigenvalue weighted by molar-refractivity contribution is 0.0694. The van der Waals surface area contributed by atoms with E-state index in [9.17, 15) is 18.4 Å². The van der Waals surface area contributed by atoms with Crippen LogP contribution in [0.1, 0.15) is 40.0 Å². The van der Waals surface area contributed by atoms with Gasteiger partial charge in [0.1, 0.15) is 11.6 Å². The molecule has 7 rings (SSSR count). The normalized spacial score (nSPS) is 15.3. The van der Waals surface area contributed by atoms with E-state index >= 15 is 0 Å². The summed E-state index contributed by atoms with van der Waals surface area (Å²) >= 11 is 0. The Bertz CT molecular complexity index is 1550. The Morgan fingerprint density at radius 1 is 0.758 bits per heavy atom. The lowest BCUT2D eigenvalue weighted by Crippen LogP contribution is -2.24. The first-order valence-corrected chi connectivity index (χ1v) is 10.8. The molecule has 1 aliphatic carbocycles. The Morgan fingerprint density at radius 3 is 1.61 bits per heavy atom. The molecule has 0 saturated heterocycles. The highest BCUT2D eigenvalue weighted by Gasteiger charge is 2.39.